The van der Waals surface area contributed by atoms with Crippen LogP contribution in [0.1, 0.15) is 39.9 Å². The quantitative estimate of drug-likeness (QED) is 0.274. The monoisotopic (exact) mass is 530 g/mol. The molecule has 1 saturated heterocycles. The number of ketones is 1. The van der Waals surface area contributed by atoms with Crippen LogP contribution in [0, 0.1) is 18.2 Å². The van der Waals surface area contributed by atoms with E-state index in [9.17, 15) is 27.2 Å². The third kappa shape index (κ3) is 6.10. The van der Waals surface area contributed by atoms with E-state index in [4.69, 9.17) is 10.5 Å². The molecule has 7 nitrogen and oxygen atoms in total. The molecule has 4 N–H and O–H groups in total. The summed E-state index contributed by atoms with van der Waals surface area (Å²) in [6.07, 6.45) is -1.62. The number of halogens is 4. The van der Waals surface area contributed by atoms with Crippen LogP contribution >= 0.6 is 0 Å². The van der Waals surface area contributed by atoms with Gasteiger partial charge in [0, 0.05) is 48.8 Å². The fourth-order valence-electron chi connectivity index (χ4n) is 4.31. The van der Waals surface area contributed by atoms with Gasteiger partial charge in [0.2, 0.25) is 5.91 Å². The molecule has 0 spiro atoms. The summed E-state index contributed by atoms with van der Waals surface area (Å²) in [6.45, 7) is 1.70. The SMILES string of the molecule is Cc1ccc(Nc2ccc(CNC(=O)[C@]3(CC(=O)c4cncc(N)c4)CCOC3)c(F)c2)c(C(F)(F)F)c1. The first-order chi connectivity index (χ1) is 18.0. The Morgan fingerprint density at radius 3 is 2.58 bits per heavy atom. The molecule has 2 heterocycles. The molecule has 1 aliphatic rings. The van der Waals surface area contributed by atoms with Crippen LogP contribution in [0.5, 0.6) is 0 Å². The van der Waals surface area contributed by atoms with Crippen LogP contribution in [0.4, 0.5) is 34.6 Å². The molecule has 1 aromatic heterocycles. The number of benzene rings is 2. The van der Waals surface area contributed by atoms with E-state index >= 15 is 0 Å². The second-order valence-corrected chi connectivity index (χ2v) is 9.35. The van der Waals surface area contributed by atoms with E-state index in [-0.39, 0.29) is 47.9 Å². The Hall–Kier alpha value is -3.99. The number of hydrogen-bond acceptors (Lipinski definition) is 6. The molecule has 1 fully saturated rings. The Kier molecular flexibility index (Phi) is 7.68. The van der Waals surface area contributed by atoms with Crippen LogP contribution in [0.25, 0.3) is 0 Å². The fraction of sp³-hybridized carbons (Fsp3) is 0.296. The third-order valence-electron chi connectivity index (χ3n) is 6.42. The lowest BCUT2D eigenvalue weighted by molar-refractivity contribution is -0.137. The summed E-state index contributed by atoms with van der Waals surface area (Å²) in [5.41, 5.74) is 4.80. The number of pyridine rings is 1. The highest BCUT2D eigenvalue weighted by atomic mass is 19.4. The number of hydrogen-bond donors (Lipinski definition) is 3. The Morgan fingerprint density at radius 1 is 1.13 bits per heavy atom. The number of aryl methyl sites for hydroxylation is 1. The maximum atomic E-state index is 14.8. The van der Waals surface area contributed by atoms with Crippen LogP contribution in [0.15, 0.2) is 54.9 Å². The highest BCUT2D eigenvalue weighted by Crippen LogP contribution is 2.37. The highest BCUT2D eigenvalue weighted by molar-refractivity contribution is 6.00. The number of carbonyl (C=O) groups excluding carboxylic acids is 2. The number of aromatic nitrogens is 1. The van der Waals surface area contributed by atoms with Gasteiger partial charge >= 0.3 is 6.18 Å². The maximum absolute atomic E-state index is 14.8. The van der Waals surface area contributed by atoms with Crippen molar-refractivity contribution in [2.45, 2.75) is 32.5 Å². The van der Waals surface area contributed by atoms with E-state index in [0.717, 1.165) is 12.1 Å². The van der Waals surface area contributed by atoms with Gasteiger partial charge in [-0.25, -0.2) is 4.39 Å². The van der Waals surface area contributed by atoms with Crippen molar-refractivity contribution in [3.63, 3.8) is 0 Å². The van der Waals surface area contributed by atoms with E-state index in [1.807, 2.05) is 0 Å². The second-order valence-electron chi connectivity index (χ2n) is 9.35. The van der Waals surface area contributed by atoms with E-state index in [1.165, 1.54) is 42.7 Å². The van der Waals surface area contributed by atoms with Gasteiger partial charge in [-0.05, 0) is 43.7 Å². The molecule has 38 heavy (non-hydrogen) atoms. The summed E-state index contributed by atoms with van der Waals surface area (Å²) in [6, 6.07) is 9.17. The summed E-state index contributed by atoms with van der Waals surface area (Å²) in [5, 5.41) is 5.29. The number of nitrogen functional groups attached to an aromatic ring is 1. The lowest BCUT2D eigenvalue weighted by atomic mass is 9.80. The van der Waals surface area contributed by atoms with E-state index in [2.05, 4.69) is 15.6 Å². The zero-order chi connectivity index (χ0) is 27.5. The van der Waals surface area contributed by atoms with Crippen LogP contribution in [0.3, 0.4) is 0 Å². The topological polar surface area (TPSA) is 106 Å². The number of nitrogens with zero attached hydrogens (tertiary/aromatic N) is 1. The molecule has 3 aromatic rings. The second kappa shape index (κ2) is 10.8. The smallest absolute Gasteiger partial charge is 0.397 e. The van der Waals surface area contributed by atoms with E-state index in [0.29, 0.717) is 24.3 Å². The number of Topliss-reactive ketones (excluding diaryl/α,β-unsaturated/α-hetero) is 1. The number of nitrogens with two attached hydrogens (primary N) is 1. The minimum Gasteiger partial charge on any atom is -0.397 e. The zero-order valence-corrected chi connectivity index (χ0v) is 20.5. The first kappa shape index (κ1) is 27.1. The first-order valence-electron chi connectivity index (χ1n) is 11.8. The minimum atomic E-state index is -4.58. The molecule has 0 aliphatic carbocycles. The van der Waals surface area contributed by atoms with E-state index in [1.54, 1.807) is 6.92 Å². The van der Waals surface area contributed by atoms with Gasteiger partial charge in [-0.15, -0.1) is 0 Å². The predicted octanol–water partition coefficient (Wildman–Crippen LogP) is 5.17. The Labute approximate surface area is 216 Å². The molecule has 0 bridgehead atoms. The summed E-state index contributed by atoms with van der Waals surface area (Å²) in [7, 11) is 0. The normalized spacial score (nSPS) is 17.3. The molecule has 1 amide bonds. The van der Waals surface area contributed by atoms with Crippen molar-refractivity contribution in [3.8, 4) is 0 Å². The van der Waals surface area contributed by atoms with Crippen molar-refractivity contribution >= 4 is 28.8 Å². The average Bonchev–Trinajstić information content (AvgIpc) is 3.33. The van der Waals surface area contributed by atoms with Crippen LogP contribution in [0.2, 0.25) is 0 Å². The largest absolute Gasteiger partial charge is 0.418 e. The molecule has 4 rings (SSSR count). The summed E-state index contributed by atoms with van der Waals surface area (Å²) >= 11 is 0. The van der Waals surface area contributed by atoms with Crippen molar-refractivity contribution in [1.82, 2.24) is 10.3 Å². The summed E-state index contributed by atoms with van der Waals surface area (Å²) < 4.78 is 60.5. The molecule has 0 radical (unpaired) electrons. The van der Waals surface area contributed by atoms with Gasteiger partial charge in [0.05, 0.1) is 29.0 Å². The minimum absolute atomic E-state index is 0.0315. The number of rotatable bonds is 8. The van der Waals surface area contributed by atoms with Crippen molar-refractivity contribution < 1.29 is 31.9 Å². The van der Waals surface area contributed by atoms with Gasteiger partial charge in [-0.3, -0.25) is 14.6 Å². The van der Waals surface area contributed by atoms with Gasteiger partial charge in [0.1, 0.15) is 5.82 Å². The number of ether oxygens (including phenoxy) is 1. The van der Waals surface area contributed by atoms with Crippen molar-refractivity contribution in [2.24, 2.45) is 5.41 Å². The molecule has 0 saturated carbocycles. The number of alkyl halides is 3. The lowest BCUT2D eigenvalue weighted by Gasteiger charge is -2.25. The lowest BCUT2D eigenvalue weighted by Crippen LogP contribution is -2.42. The van der Waals surface area contributed by atoms with Crippen LogP contribution < -0.4 is 16.4 Å². The van der Waals surface area contributed by atoms with Crippen molar-refractivity contribution in [3.05, 3.63) is 82.9 Å². The van der Waals surface area contributed by atoms with Gasteiger partial charge in [0.25, 0.3) is 0 Å². The highest BCUT2D eigenvalue weighted by Gasteiger charge is 2.44. The van der Waals surface area contributed by atoms with Gasteiger partial charge in [0.15, 0.2) is 5.78 Å². The standard InChI is InChI=1S/C27H26F4N4O3/c1-16-2-5-23(21(8-16)27(29,30)31)35-20-4-3-17(22(28)10-20)13-34-25(37)26(6-7-38-15-26)11-24(36)18-9-19(32)14-33-12-18/h2-5,8-10,12,14,35H,6-7,11,13,15,32H2,1H3,(H,34,37)/t26-/m0/s1. The molecule has 1 atom stereocenters. The van der Waals surface area contributed by atoms with Gasteiger partial charge in [-0.2, -0.15) is 13.2 Å². The third-order valence-corrected chi connectivity index (χ3v) is 6.42. The molecular formula is C27H26F4N4O3. The van der Waals surface area contributed by atoms with E-state index < -0.39 is 28.9 Å². The van der Waals surface area contributed by atoms with Gasteiger partial charge in [-0.1, -0.05) is 17.7 Å². The summed E-state index contributed by atoms with van der Waals surface area (Å²) in [4.78, 5) is 29.8. The predicted molar refractivity (Wildman–Crippen MR) is 133 cm³/mol. The number of nitrogens with one attached hydrogen (secondary N) is 2. The molecule has 200 valence electrons. The molecule has 11 heteroatoms. The van der Waals surface area contributed by atoms with Crippen LogP contribution in [-0.2, 0) is 22.3 Å². The average molecular weight is 531 g/mol. The summed E-state index contributed by atoms with van der Waals surface area (Å²) in [5.74, 6) is -1.49. The Morgan fingerprint density at radius 2 is 1.92 bits per heavy atom. The first-order valence-corrected chi connectivity index (χ1v) is 11.8. The zero-order valence-electron chi connectivity index (χ0n) is 20.5. The number of carbonyl (C=O) groups is 2. The van der Waals surface area contributed by atoms with Crippen LogP contribution in [-0.4, -0.2) is 29.9 Å². The number of amides is 1. The van der Waals surface area contributed by atoms with Crippen molar-refractivity contribution in [1.29, 1.82) is 0 Å². The molecular weight excluding hydrogens is 504 g/mol. The van der Waals surface area contributed by atoms with Crippen molar-refractivity contribution in [2.75, 3.05) is 24.3 Å². The van der Waals surface area contributed by atoms with Gasteiger partial charge < -0.3 is 21.1 Å². The fourth-order valence-corrected chi connectivity index (χ4v) is 4.31. The number of anilines is 3. The molecule has 0 unspecified atom stereocenters. The Balaban J connectivity index is 1.44. The molecule has 2 aromatic carbocycles. The molecule has 1 aliphatic heterocycles. The maximum Gasteiger partial charge on any atom is 0.418 e. The Bertz CT molecular complexity index is 1350.